The maximum absolute atomic E-state index is 13.6. The Labute approximate surface area is 121 Å². The number of anilines is 2. The third-order valence-corrected chi connectivity index (χ3v) is 4.39. The summed E-state index contributed by atoms with van der Waals surface area (Å²) in [7, 11) is -4.01. The second-order valence-corrected chi connectivity index (χ2v) is 6.30. The fourth-order valence-electron chi connectivity index (χ4n) is 1.70. The summed E-state index contributed by atoms with van der Waals surface area (Å²) in [6.07, 6.45) is 0. The largest absolute Gasteiger partial charge is 0.398 e. The van der Waals surface area contributed by atoms with E-state index in [4.69, 9.17) is 17.3 Å². The van der Waals surface area contributed by atoms with E-state index in [1.54, 1.807) is 13.0 Å². The first kappa shape index (κ1) is 14.6. The van der Waals surface area contributed by atoms with Crippen molar-refractivity contribution in [2.45, 2.75) is 11.8 Å². The fraction of sp³-hybridized carbons (Fsp3) is 0.0769. The van der Waals surface area contributed by atoms with Crippen LogP contribution in [0.4, 0.5) is 15.8 Å². The molecule has 0 spiro atoms. The van der Waals surface area contributed by atoms with Gasteiger partial charge in [0.05, 0.1) is 10.7 Å². The molecule has 7 heteroatoms. The molecular weight excluding hydrogens is 303 g/mol. The van der Waals surface area contributed by atoms with Gasteiger partial charge in [-0.3, -0.25) is 4.72 Å². The lowest BCUT2D eigenvalue weighted by molar-refractivity contribution is 0.599. The van der Waals surface area contributed by atoms with Crippen molar-refractivity contribution in [1.29, 1.82) is 0 Å². The second-order valence-electron chi connectivity index (χ2n) is 4.24. The number of nitrogen functional groups attached to an aromatic ring is 1. The molecular formula is C13H12ClFN2O2S. The molecule has 0 aliphatic heterocycles. The number of rotatable bonds is 3. The van der Waals surface area contributed by atoms with Crippen molar-refractivity contribution < 1.29 is 12.8 Å². The van der Waals surface area contributed by atoms with Gasteiger partial charge in [0.1, 0.15) is 16.4 Å². The van der Waals surface area contributed by atoms with Gasteiger partial charge in [0.15, 0.2) is 0 Å². The summed E-state index contributed by atoms with van der Waals surface area (Å²) in [5.41, 5.74) is 6.31. The van der Waals surface area contributed by atoms with Crippen molar-refractivity contribution >= 4 is 33.0 Å². The first-order valence-electron chi connectivity index (χ1n) is 5.64. The van der Waals surface area contributed by atoms with Crippen LogP contribution < -0.4 is 10.5 Å². The lowest BCUT2D eigenvalue weighted by atomic mass is 10.2. The number of hydrogen-bond donors (Lipinski definition) is 2. The van der Waals surface area contributed by atoms with Gasteiger partial charge in [-0.1, -0.05) is 23.7 Å². The molecule has 0 amide bonds. The fourth-order valence-corrected chi connectivity index (χ4v) is 3.17. The van der Waals surface area contributed by atoms with E-state index >= 15 is 0 Å². The number of nitrogens with two attached hydrogens (primary N) is 1. The number of nitrogens with one attached hydrogen (secondary N) is 1. The van der Waals surface area contributed by atoms with Gasteiger partial charge in [-0.15, -0.1) is 0 Å². The number of benzene rings is 2. The first-order valence-corrected chi connectivity index (χ1v) is 7.50. The molecule has 20 heavy (non-hydrogen) atoms. The summed E-state index contributed by atoms with van der Waals surface area (Å²) in [6, 6.07) is 8.38. The van der Waals surface area contributed by atoms with Gasteiger partial charge in [0.25, 0.3) is 10.0 Å². The minimum Gasteiger partial charge on any atom is -0.398 e. The Morgan fingerprint density at radius 1 is 1.25 bits per heavy atom. The van der Waals surface area contributed by atoms with Crippen LogP contribution in [0.3, 0.4) is 0 Å². The van der Waals surface area contributed by atoms with E-state index in [-0.39, 0.29) is 21.3 Å². The van der Waals surface area contributed by atoms with E-state index in [1.807, 2.05) is 0 Å². The molecule has 0 saturated heterocycles. The maximum atomic E-state index is 13.6. The molecule has 0 unspecified atom stereocenters. The molecule has 0 heterocycles. The van der Waals surface area contributed by atoms with Crippen LogP contribution in [-0.2, 0) is 10.0 Å². The Balaban J connectivity index is 2.46. The molecule has 3 N–H and O–H groups in total. The zero-order valence-electron chi connectivity index (χ0n) is 10.5. The Morgan fingerprint density at radius 2 is 1.95 bits per heavy atom. The minimum absolute atomic E-state index is 0.0285. The number of para-hydroxylation sites is 1. The summed E-state index contributed by atoms with van der Waals surface area (Å²) < 4.78 is 40.2. The van der Waals surface area contributed by atoms with Gasteiger partial charge in [0, 0.05) is 0 Å². The molecule has 4 nitrogen and oxygen atoms in total. The Hall–Kier alpha value is -1.79. The van der Waals surface area contributed by atoms with Crippen LogP contribution in [0.2, 0.25) is 5.02 Å². The third-order valence-electron chi connectivity index (χ3n) is 2.65. The third kappa shape index (κ3) is 2.86. The van der Waals surface area contributed by atoms with Crippen molar-refractivity contribution in [2.75, 3.05) is 10.5 Å². The van der Waals surface area contributed by atoms with E-state index in [0.29, 0.717) is 0 Å². The molecule has 0 aliphatic carbocycles. The van der Waals surface area contributed by atoms with E-state index in [1.165, 1.54) is 24.3 Å². The second kappa shape index (κ2) is 5.30. The molecule has 0 bridgehead atoms. The van der Waals surface area contributed by atoms with Crippen LogP contribution in [0.25, 0.3) is 0 Å². The van der Waals surface area contributed by atoms with Crippen LogP contribution in [0, 0.1) is 12.7 Å². The maximum Gasteiger partial charge on any atom is 0.264 e. The quantitative estimate of drug-likeness (QED) is 0.855. The smallest absolute Gasteiger partial charge is 0.264 e. The monoisotopic (exact) mass is 314 g/mol. The van der Waals surface area contributed by atoms with Gasteiger partial charge >= 0.3 is 0 Å². The number of sulfonamides is 1. The van der Waals surface area contributed by atoms with Gasteiger partial charge in [-0.05, 0) is 36.8 Å². The van der Waals surface area contributed by atoms with E-state index in [2.05, 4.69) is 4.72 Å². The Bertz CT molecular complexity index is 743. The predicted molar refractivity (Wildman–Crippen MR) is 77.8 cm³/mol. The summed E-state index contributed by atoms with van der Waals surface area (Å²) >= 11 is 5.79. The highest BCUT2D eigenvalue weighted by molar-refractivity contribution is 7.92. The molecule has 0 saturated carbocycles. The Morgan fingerprint density at radius 3 is 2.55 bits per heavy atom. The van der Waals surface area contributed by atoms with Crippen molar-refractivity contribution in [1.82, 2.24) is 0 Å². The average Bonchev–Trinajstić information content (AvgIpc) is 2.33. The van der Waals surface area contributed by atoms with Gasteiger partial charge in [0.2, 0.25) is 0 Å². The molecule has 2 aromatic rings. The summed E-state index contributed by atoms with van der Waals surface area (Å²) in [4.78, 5) is -0.123. The van der Waals surface area contributed by atoms with Crippen LogP contribution in [0.1, 0.15) is 5.56 Å². The molecule has 0 fully saturated rings. The van der Waals surface area contributed by atoms with Crippen LogP contribution >= 0.6 is 11.6 Å². The molecule has 2 rings (SSSR count). The highest BCUT2D eigenvalue weighted by Crippen LogP contribution is 2.29. The molecule has 0 aliphatic rings. The van der Waals surface area contributed by atoms with Gasteiger partial charge < -0.3 is 5.73 Å². The normalized spacial score (nSPS) is 11.3. The van der Waals surface area contributed by atoms with Crippen molar-refractivity contribution in [3.05, 3.63) is 52.8 Å². The molecule has 0 radical (unpaired) electrons. The van der Waals surface area contributed by atoms with E-state index < -0.39 is 15.8 Å². The topological polar surface area (TPSA) is 72.2 Å². The molecule has 0 aromatic heterocycles. The average molecular weight is 315 g/mol. The zero-order chi connectivity index (χ0) is 14.9. The summed E-state index contributed by atoms with van der Waals surface area (Å²) in [5, 5.41) is -0.0285. The highest BCUT2D eigenvalue weighted by atomic mass is 35.5. The number of aryl methyl sites for hydroxylation is 1. The first-order chi connectivity index (χ1) is 9.31. The summed E-state index contributed by atoms with van der Waals surface area (Å²) in [5.74, 6) is -0.758. The number of halogens is 2. The lowest BCUT2D eigenvalue weighted by Gasteiger charge is -2.12. The SMILES string of the molecule is Cc1ccc(S(=O)(=O)Nc2c(F)cccc2Cl)c(N)c1. The molecule has 2 aromatic carbocycles. The van der Waals surface area contributed by atoms with Gasteiger partial charge in [-0.25, -0.2) is 12.8 Å². The standard InChI is InChI=1S/C13H12ClFN2O2S/c1-8-5-6-12(11(16)7-8)20(18,19)17-13-9(14)3-2-4-10(13)15/h2-7,17H,16H2,1H3. The van der Waals surface area contributed by atoms with Crippen LogP contribution in [0.15, 0.2) is 41.3 Å². The summed E-state index contributed by atoms with van der Waals surface area (Å²) in [6.45, 7) is 1.79. The van der Waals surface area contributed by atoms with Crippen molar-refractivity contribution in [3.8, 4) is 0 Å². The van der Waals surface area contributed by atoms with Crippen LogP contribution in [-0.4, -0.2) is 8.42 Å². The highest BCUT2D eigenvalue weighted by Gasteiger charge is 2.20. The lowest BCUT2D eigenvalue weighted by Crippen LogP contribution is -2.16. The van der Waals surface area contributed by atoms with Crippen LogP contribution in [0.5, 0.6) is 0 Å². The minimum atomic E-state index is -4.01. The number of hydrogen-bond acceptors (Lipinski definition) is 3. The zero-order valence-corrected chi connectivity index (χ0v) is 12.1. The molecule has 106 valence electrons. The van der Waals surface area contributed by atoms with E-state index in [9.17, 15) is 12.8 Å². The van der Waals surface area contributed by atoms with E-state index in [0.717, 1.165) is 11.6 Å². The predicted octanol–water partition coefficient (Wildman–Crippen LogP) is 3.17. The molecule has 0 atom stereocenters. The Kier molecular flexibility index (Phi) is 3.87. The van der Waals surface area contributed by atoms with Crippen molar-refractivity contribution in [2.24, 2.45) is 0 Å². The van der Waals surface area contributed by atoms with Crippen molar-refractivity contribution in [3.63, 3.8) is 0 Å². The van der Waals surface area contributed by atoms with Gasteiger partial charge in [-0.2, -0.15) is 0 Å².